The van der Waals surface area contributed by atoms with E-state index in [9.17, 15) is 4.39 Å². The van der Waals surface area contributed by atoms with Crippen molar-refractivity contribution < 1.29 is 4.39 Å². The Bertz CT molecular complexity index is 634. The van der Waals surface area contributed by atoms with Crippen molar-refractivity contribution in [2.75, 3.05) is 11.9 Å². The van der Waals surface area contributed by atoms with Crippen LogP contribution in [0.15, 0.2) is 42.5 Å². The normalized spacial score (nSPS) is 10.0. The topological polar surface area (TPSA) is 27.0 Å². The van der Waals surface area contributed by atoms with Crippen LogP contribution in [0, 0.1) is 17.1 Å². The number of hydrogen-bond donors (Lipinski definition) is 0. The smallest absolute Gasteiger partial charge is 0.124 e. The Balaban J connectivity index is 2.28. The lowest BCUT2D eigenvalue weighted by Crippen LogP contribution is -2.17. The van der Waals surface area contributed by atoms with E-state index in [1.165, 1.54) is 12.1 Å². The predicted molar refractivity (Wildman–Crippen MR) is 74.7 cm³/mol. The molecule has 2 aromatic rings. The summed E-state index contributed by atoms with van der Waals surface area (Å²) in [7, 11) is 1.84. The third-order valence-corrected chi connectivity index (χ3v) is 3.22. The summed E-state index contributed by atoms with van der Waals surface area (Å²) in [5.74, 6) is -0.411. The zero-order valence-corrected chi connectivity index (χ0v) is 11.2. The van der Waals surface area contributed by atoms with Gasteiger partial charge in [0.15, 0.2) is 0 Å². The summed E-state index contributed by atoms with van der Waals surface area (Å²) >= 11 is 6.10. The second-order valence-electron chi connectivity index (χ2n) is 4.22. The standard InChI is InChI=1S/C15H12ClFN2/c1-19(10-11-4-2-3-5-14(11)16)15-7-6-13(17)8-12(15)9-18/h2-8H,10H2,1H3. The molecule has 0 fully saturated rings. The zero-order valence-electron chi connectivity index (χ0n) is 10.4. The molecule has 0 bridgehead atoms. The van der Waals surface area contributed by atoms with Gasteiger partial charge in [-0.25, -0.2) is 4.39 Å². The molecule has 4 heteroatoms. The van der Waals surface area contributed by atoms with Gasteiger partial charge < -0.3 is 4.90 Å². The van der Waals surface area contributed by atoms with E-state index in [-0.39, 0.29) is 0 Å². The van der Waals surface area contributed by atoms with Crippen LogP contribution in [0.4, 0.5) is 10.1 Å². The molecule has 0 heterocycles. The first-order chi connectivity index (χ1) is 9.11. The fraction of sp³-hybridized carbons (Fsp3) is 0.133. The maximum atomic E-state index is 13.1. The molecule has 2 aromatic carbocycles. The van der Waals surface area contributed by atoms with Gasteiger partial charge in [0.05, 0.1) is 11.3 Å². The van der Waals surface area contributed by atoms with Gasteiger partial charge in [0.25, 0.3) is 0 Å². The third-order valence-electron chi connectivity index (χ3n) is 2.86. The highest BCUT2D eigenvalue weighted by Gasteiger charge is 2.10. The van der Waals surface area contributed by atoms with Crippen molar-refractivity contribution in [3.05, 3.63) is 64.4 Å². The van der Waals surface area contributed by atoms with Crippen LogP contribution in [0.1, 0.15) is 11.1 Å². The minimum atomic E-state index is -0.411. The number of rotatable bonds is 3. The number of benzene rings is 2. The fourth-order valence-electron chi connectivity index (χ4n) is 1.90. The van der Waals surface area contributed by atoms with Crippen LogP contribution in [0.3, 0.4) is 0 Å². The van der Waals surface area contributed by atoms with E-state index >= 15 is 0 Å². The lowest BCUT2D eigenvalue weighted by Gasteiger charge is -2.21. The predicted octanol–water partition coefficient (Wildman–Crippen LogP) is 3.99. The number of halogens is 2. The van der Waals surface area contributed by atoms with Crippen LogP contribution in [0.5, 0.6) is 0 Å². The second kappa shape index (κ2) is 5.73. The average molecular weight is 275 g/mol. The van der Waals surface area contributed by atoms with Crippen molar-refractivity contribution in [3.63, 3.8) is 0 Å². The molecule has 0 radical (unpaired) electrons. The Morgan fingerprint density at radius 3 is 2.68 bits per heavy atom. The second-order valence-corrected chi connectivity index (χ2v) is 4.63. The third kappa shape index (κ3) is 3.04. The van der Waals surface area contributed by atoms with Gasteiger partial charge in [0, 0.05) is 18.6 Å². The Kier molecular flexibility index (Phi) is 4.03. The van der Waals surface area contributed by atoms with Crippen LogP contribution in [0.25, 0.3) is 0 Å². The molecule has 2 nitrogen and oxygen atoms in total. The zero-order chi connectivity index (χ0) is 13.8. The molecular weight excluding hydrogens is 263 g/mol. The monoisotopic (exact) mass is 274 g/mol. The number of nitriles is 1. The number of anilines is 1. The van der Waals surface area contributed by atoms with E-state index in [2.05, 4.69) is 0 Å². The molecule has 0 saturated heterocycles. The van der Waals surface area contributed by atoms with Crippen LogP contribution < -0.4 is 4.90 Å². The van der Waals surface area contributed by atoms with Crippen LogP contribution in [0.2, 0.25) is 5.02 Å². The molecule has 0 aliphatic rings. The fourth-order valence-corrected chi connectivity index (χ4v) is 2.09. The van der Waals surface area contributed by atoms with E-state index < -0.39 is 5.82 Å². The van der Waals surface area contributed by atoms with Crippen molar-refractivity contribution in [3.8, 4) is 6.07 Å². The molecule has 0 atom stereocenters. The number of hydrogen-bond acceptors (Lipinski definition) is 2. The molecule has 0 spiro atoms. The van der Waals surface area contributed by atoms with Gasteiger partial charge in [-0.15, -0.1) is 0 Å². The lowest BCUT2D eigenvalue weighted by atomic mass is 10.1. The summed E-state index contributed by atoms with van der Waals surface area (Å²) in [6, 6.07) is 13.7. The molecule has 0 unspecified atom stereocenters. The van der Waals surface area contributed by atoms with E-state index in [4.69, 9.17) is 16.9 Å². The first-order valence-electron chi connectivity index (χ1n) is 5.76. The van der Waals surface area contributed by atoms with Gasteiger partial charge in [-0.2, -0.15) is 5.26 Å². The SMILES string of the molecule is CN(Cc1ccccc1Cl)c1ccc(F)cc1C#N. The summed E-state index contributed by atoms with van der Waals surface area (Å²) < 4.78 is 13.1. The largest absolute Gasteiger partial charge is 0.369 e. The average Bonchev–Trinajstić information content (AvgIpc) is 2.41. The Hall–Kier alpha value is -2.05. The highest BCUT2D eigenvalue weighted by molar-refractivity contribution is 6.31. The van der Waals surface area contributed by atoms with Gasteiger partial charge in [-0.1, -0.05) is 29.8 Å². The quantitative estimate of drug-likeness (QED) is 0.846. The molecule has 96 valence electrons. The summed E-state index contributed by atoms with van der Waals surface area (Å²) in [5.41, 5.74) is 1.96. The molecule has 0 aliphatic carbocycles. The van der Waals surface area contributed by atoms with Crippen LogP contribution in [-0.4, -0.2) is 7.05 Å². The highest BCUT2D eigenvalue weighted by Crippen LogP contribution is 2.24. The molecule has 0 aromatic heterocycles. The molecule has 0 N–H and O–H groups in total. The van der Waals surface area contributed by atoms with Gasteiger partial charge in [0.2, 0.25) is 0 Å². The summed E-state index contributed by atoms with van der Waals surface area (Å²) in [4.78, 5) is 1.87. The minimum Gasteiger partial charge on any atom is -0.369 e. The first-order valence-corrected chi connectivity index (χ1v) is 6.14. The van der Waals surface area contributed by atoms with Gasteiger partial charge in [-0.05, 0) is 29.8 Å². The molecule has 0 amide bonds. The van der Waals surface area contributed by atoms with E-state index in [0.29, 0.717) is 22.8 Å². The van der Waals surface area contributed by atoms with E-state index in [1.54, 1.807) is 6.07 Å². The summed E-state index contributed by atoms with van der Waals surface area (Å²) in [6.45, 7) is 0.556. The summed E-state index contributed by atoms with van der Waals surface area (Å²) in [5, 5.41) is 9.72. The van der Waals surface area contributed by atoms with Gasteiger partial charge in [-0.3, -0.25) is 0 Å². The Labute approximate surface area is 116 Å². The lowest BCUT2D eigenvalue weighted by molar-refractivity contribution is 0.627. The first kappa shape index (κ1) is 13.4. The van der Waals surface area contributed by atoms with Crippen molar-refractivity contribution in [2.24, 2.45) is 0 Å². The van der Waals surface area contributed by atoms with Crippen molar-refractivity contribution in [1.29, 1.82) is 5.26 Å². The van der Waals surface area contributed by atoms with E-state index in [1.807, 2.05) is 42.3 Å². The molecule has 19 heavy (non-hydrogen) atoms. The minimum absolute atomic E-state index is 0.314. The van der Waals surface area contributed by atoms with Crippen molar-refractivity contribution in [2.45, 2.75) is 6.54 Å². The van der Waals surface area contributed by atoms with Crippen LogP contribution in [-0.2, 0) is 6.54 Å². The Morgan fingerprint density at radius 2 is 2.00 bits per heavy atom. The van der Waals surface area contributed by atoms with E-state index in [0.717, 1.165) is 5.56 Å². The van der Waals surface area contributed by atoms with Crippen LogP contribution >= 0.6 is 11.6 Å². The maximum absolute atomic E-state index is 13.1. The molecule has 0 saturated carbocycles. The Morgan fingerprint density at radius 1 is 1.26 bits per heavy atom. The van der Waals surface area contributed by atoms with Gasteiger partial charge in [0.1, 0.15) is 11.9 Å². The number of nitrogens with zero attached hydrogens (tertiary/aromatic N) is 2. The van der Waals surface area contributed by atoms with Gasteiger partial charge >= 0.3 is 0 Å². The highest BCUT2D eigenvalue weighted by atomic mass is 35.5. The van der Waals surface area contributed by atoms with Crippen molar-refractivity contribution in [1.82, 2.24) is 0 Å². The molecule has 0 aliphatic heterocycles. The molecule has 2 rings (SSSR count). The summed E-state index contributed by atoms with van der Waals surface area (Å²) in [6.07, 6.45) is 0. The molecular formula is C15H12ClFN2. The maximum Gasteiger partial charge on any atom is 0.124 e. The van der Waals surface area contributed by atoms with Crippen molar-refractivity contribution >= 4 is 17.3 Å².